The molecule has 0 radical (unpaired) electrons. The third-order valence-corrected chi connectivity index (χ3v) is 3.91. The molecule has 0 unspecified atom stereocenters. The average Bonchev–Trinajstić information content (AvgIpc) is 2.57. The van der Waals surface area contributed by atoms with Crippen LogP contribution in [0.2, 0.25) is 0 Å². The first-order valence-electron chi connectivity index (χ1n) is 8.25. The van der Waals surface area contributed by atoms with Gasteiger partial charge in [0.2, 0.25) is 0 Å². The maximum absolute atomic E-state index is 11.8. The molecule has 5 nitrogen and oxygen atoms in total. The van der Waals surface area contributed by atoms with Gasteiger partial charge in [0.1, 0.15) is 12.4 Å². The third kappa shape index (κ3) is 5.42. The van der Waals surface area contributed by atoms with Gasteiger partial charge in [-0.25, -0.2) is 4.79 Å². The number of amides is 2. The Morgan fingerprint density at radius 3 is 2.67 bits per heavy atom. The minimum absolute atomic E-state index is 0.119. The van der Waals surface area contributed by atoms with Gasteiger partial charge < -0.3 is 20.5 Å². The van der Waals surface area contributed by atoms with Crippen LogP contribution in [0.25, 0.3) is 10.8 Å². The highest BCUT2D eigenvalue weighted by Gasteiger charge is 2.17. The SMILES string of the molecule is CC(C)(CCO)CNC(=O)NCCOc1cccc2ccccc12. The molecule has 0 aliphatic rings. The van der Waals surface area contributed by atoms with Crippen molar-refractivity contribution in [1.82, 2.24) is 10.6 Å². The standard InChI is InChI=1S/C19H26N2O3/c1-19(2,10-12-22)14-21-18(23)20-11-13-24-17-9-5-7-15-6-3-4-8-16(15)17/h3-9,22H,10-14H2,1-2H3,(H2,20,21,23). The molecule has 3 N–H and O–H groups in total. The molecular formula is C19H26N2O3. The van der Waals surface area contributed by atoms with Crippen LogP contribution < -0.4 is 15.4 Å². The van der Waals surface area contributed by atoms with Crippen molar-refractivity contribution in [2.45, 2.75) is 20.3 Å². The molecule has 2 aromatic rings. The molecule has 0 atom stereocenters. The third-order valence-electron chi connectivity index (χ3n) is 3.91. The summed E-state index contributed by atoms with van der Waals surface area (Å²) in [7, 11) is 0. The number of carbonyl (C=O) groups excluding carboxylic acids is 1. The molecule has 0 heterocycles. The Morgan fingerprint density at radius 1 is 1.12 bits per heavy atom. The second-order valence-corrected chi connectivity index (χ2v) is 6.57. The molecule has 0 aliphatic carbocycles. The van der Waals surface area contributed by atoms with Gasteiger partial charge in [-0.05, 0) is 23.3 Å². The molecule has 0 saturated carbocycles. The largest absolute Gasteiger partial charge is 0.491 e. The Labute approximate surface area is 143 Å². The summed E-state index contributed by atoms with van der Waals surface area (Å²) in [5.74, 6) is 0.819. The number of aliphatic hydroxyl groups is 1. The average molecular weight is 330 g/mol. The topological polar surface area (TPSA) is 70.6 Å². The summed E-state index contributed by atoms with van der Waals surface area (Å²) in [6, 6.07) is 13.8. The number of ether oxygens (including phenoxy) is 1. The van der Waals surface area contributed by atoms with Crippen molar-refractivity contribution in [3.05, 3.63) is 42.5 Å². The zero-order chi connectivity index (χ0) is 17.4. The molecule has 2 aromatic carbocycles. The smallest absolute Gasteiger partial charge is 0.314 e. The van der Waals surface area contributed by atoms with Gasteiger partial charge in [-0.1, -0.05) is 50.2 Å². The maximum atomic E-state index is 11.8. The molecule has 130 valence electrons. The quantitative estimate of drug-likeness (QED) is 0.652. The Hall–Kier alpha value is -2.27. The summed E-state index contributed by atoms with van der Waals surface area (Å²) in [4.78, 5) is 11.8. The first-order valence-corrected chi connectivity index (χ1v) is 8.25. The number of fused-ring (bicyclic) bond motifs is 1. The van der Waals surface area contributed by atoms with Crippen LogP contribution in [0.1, 0.15) is 20.3 Å². The van der Waals surface area contributed by atoms with E-state index in [1.54, 1.807) is 0 Å². The molecule has 0 aromatic heterocycles. The van der Waals surface area contributed by atoms with Crippen molar-refractivity contribution < 1.29 is 14.6 Å². The molecule has 0 saturated heterocycles. The van der Waals surface area contributed by atoms with Crippen LogP contribution in [0, 0.1) is 5.41 Å². The van der Waals surface area contributed by atoms with E-state index in [2.05, 4.69) is 10.6 Å². The lowest BCUT2D eigenvalue weighted by Crippen LogP contribution is -2.42. The lowest BCUT2D eigenvalue weighted by atomic mass is 9.90. The molecule has 24 heavy (non-hydrogen) atoms. The van der Waals surface area contributed by atoms with Crippen molar-refractivity contribution in [1.29, 1.82) is 0 Å². The zero-order valence-corrected chi connectivity index (χ0v) is 14.3. The molecular weight excluding hydrogens is 304 g/mol. The summed E-state index contributed by atoms with van der Waals surface area (Å²) in [5.41, 5.74) is -0.119. The van der Waals surface area contributed by atoms with Gasteiger partial charge in [0.05, 0.1) is 6.54 Å². The summed E-state index contributed by atoms with van der Waals surface area (Å²) >= 11 is 0. The maximum Gasteiger partial charge on any atom is 0.314 e. The van der Waals surface area contributed by atoms with Crippen molar-refractivity contribution in [2.24, 2.45) is 5.41 Å². The van der Waals surface area contributed by atoms with E-state index in [0.717, 1.165) is 16.5 Å². The molecule has 2 rings (SSSR count). The number of nitrogens with one attached hydrogen (secondary N) is 2. The van der Waals surface area contributed by atoms with Crippen LogP contribution in [0.15, 0.2) is 42.5 Å². The van der Waals surface area contributed by atoms with Gasteiger partial charge in [-0.2, -0.15) is 0 Å². The fourth-order valence-corrected chi connectivity index (χ4v) is 2.42. The number of carbonyl (C=O) groups is 1. The van der Waals surface area contributed by atoms with Gasteiger partial charge in [-0.3, -0.25) is 0 Å². The fourth-order valence-electron chi connectivity index (χ4n) is 2.42. The first-order chi connectivity index (χ1) is 11.5. The number of urea groups is 1. The highest BCUT2D eigenvalue weighted by atomic mass is 16.5. The van der Waals surface area contributed by atoms with E-state index >= 15 is 0 Å². The van der Waals surface area contributed by atoms with Crippen LogP contribution in [0.4, 0.5) is 4.79 Å². The zero-order valence-electron chi connectivity index (χ0n) is 14.3. The van der Waals surface area contributed by atoms with E-state index in [1.807, 2.05) is 56.3 Å². The van der Waals surface area contributed by atoms with Gasteiger partial charge in [0.15, 0.2) is 0 Å². The first kappa shape index (κ1) is 18.1. The minimum Gasteiger partial charge on any atom is -0.491 e. The molecule has 0 aliphatic heterocycles. The summed E-state index contributed by atoms with van der Waals surface area (Å²) in [6.07, 6.45) is 0.650. The van der Waals surface area contributed by atoms with Gasteiger partial charge in [0.25, 0.3) is 0 Å². The van der Waals surface area contributed by atoms with E-state index in [9.17, 15) is 4.79 Å². The highest BCUT2D eigenvalue weighted by Crippen LogP contribution is 2.24. The summed E-state index contributed by atoms with van der Waals surface area (Å²) < 4.78 is 5.78. The van der Waals surface area contributed by atoms with E-state index in [4.69, 9.17) is 9.84 Å². The fraction of sp³-hybridized carbons (Fsp3) is 0.421. The monoisotopic (exact) mass is 330 g/mol. The molecule has 0 bridgehead atoms. The summed E-state index contributed by atoms with van der Waals surface area (Å²) in [6.45, 7) is 5.48. The van der Waals surface area contributed by atoms with E-state index < -0.39 is 0 Å². The van der Waals surface area contributed by atoms with Crippen LogP contribution in [-0.4, -0.2) is 37.4 Å². The molecule has 5 heteroatoms. The number of hydrogen-bond donors (Lipinski definition) is 3. The Balaban J connectivity index is 1.73. The molecule has 0 spiro atoms. The Morgan fingerprint density at radius 2 is 1.88 bits per heavy atom. The van der Waals surface area contributed by atoms with Crippen LogP contribution >= 0.6 is 0 Å². The number of aliphatic hydroxyl groups excluding tert-OH is 1. The Bertz CT molecular complexity index is 665. The predicted octanol–water partition coefficient (Wildman–Crippen LogP) is 2.93. The van der Waals surface area contributed by atoms with Crippen LogP contribution in [0.3, 0.4) is 0 Å². The summed E-state index contributed by atoms with van der Waals surface area (Å²) in [5, 5.41) is 16.8. The van der Waals surface area contributed by atoms with Crippen molar-refractivity contribution >= 4 is 16.8 Å². The normalized spacial score (nSPS) is 11.3. The number of benzene rings is 2. The van der Waals surface area contributed by atoms with E-state index in [-0.39, 0.29) is 18.1 Å². The molecule has 0 fully saturated rings. The van der Waals surface area contributed by atoms with E-state index in [1.165, 1.54) is 0 Å². The lowest BCUT2D eigenvalue weighted by Gasteiger charge is -2.23. The lowest BCUT2D eigenvalue weighted by molar-refractivity contribution is 0.200. The Kier molecular flexibility index (Phi) is 6.44. The second-order valence-electron chi connectivity index (χ2n) is 6.57. The van der Waals surface area contributed by atoms with Gasteiger partial charge in [0, 0.05) is 18.5 Å². The van der Waals surface area contributed by atoms with Crippen molar-refractivity contribution in [3.63, 3.8) is 0 Å². The predicted molar refractivity (Wildman–Crippen MR) is 96.3 cm³/mol. The van der Waals surface area contributed by atoms with Crippen LogP contribution in [-0.2, 0) is 0 Å². The number of hydrogen-bond acceptors (Lipinski definition) is 3. The second kappa shape index (κ2) is 8.55. The van der Waals surface area contributed by atoms with Crippen LogP contribution in [0.5, 0.6) is 5.75 Å². The van der Waals surface area contributed by atoms with E-state index in [0.29, 0.717) is 26.1 Å². The van der Waals surface area contributed by atoms with Crippen molar-refractivity contribution in [3.8, 4) is 5.75 Å². The number of rotatable bonds is 8. The molecule has 2 amide bonds. The van der Waals surface area contributed by atoms with Gasteiger partial charge in [-0.15, -0.1) is 0 Å². The minimum atomic E-state index is -0.220. The van der Waals surface area contributed by atoms with Crippen molar-refractivity contribution in [2.75, 3.05) is 26.3 Å². The van der Waals surface area contributed by atoms with Gasteiger partial charge >= 0.3 is 6.03 Å². The highest BCUT2D eigenvalue weighted by molar-refractivity contribution is 5.88.